The highest BCUT2D eigenvalue weighted by molar-refractivity contribution is 5.67. The smallest absolute Gasteiger partial charge is 0.409 e. The summed E-state index contributed by atoms with van der Waals surface area (Å²) >= 11 is 0. The Hall–Kier alpha value is -1.75. The van der Waals surface area contributed by atoms with Crippen LogP contribution in [0.1, 0.15) is 32.6 Å². The van der Waals surface area contributed by atoms with Gasteiger partial charge >= 0.3 is 6.09 Å². The summed E-state index contributed by atoms with van der Waals surface area (Å²) in [6.07, 6.45) is 4.33. The summed E-state index contributed by atoms with van der Waals surface area (Å²) in [5.41, 5.74) is 1.32. The summed E-state index contributed by atoms with van der Waals surface area (Å²) < 4.78 is 5.09. The molecule has 2 aliphatic rings. The number of anilines is 1. The van der Waals surface area contributed by atoms with Crippen LogP contribution < -0.4 is 10.2 Å². The third kappa shape index (κ3) is 4.41. The van der Waals surface area contributed by atoms with Crippen LogP contribution in [0.4, 0.5) is 10.5 Å². The fourth-order valence-electron chi connectivity index (χ4n) is 3.76. The van der Waals surface area contributed by atoms with Crippen molar-refractivity contribution in [2.45, 2.75) is 44.7 Å². The number of para-hydroxylation sites is 1. The van der Waals surface area contributed by atoms with Gasteiger partial charge in [-0.2, -0.15) is 0 Å². The predicted octanol–water partition coefficient (Wildman–Crippen LogP) is 2.87. The first-order valence-corrected chi connectivity index (χ1v) is 9.24. The van der Waals surface area contributed by atoms with Gasteiger partial charge in [-0.05, 0) is 44.7 Å². The van der Waals surface area contributed by atoms with E-state index in [1.54, 1.807) is 0 Å². The molecule has 0 aliphatic carbocycles. The topological polar surface area (TPSA) is 44.8 Å². The molecule has 24 heavy (non-hydrogen) atoms. The van der Waals surface area contributed by atoms with Crippen LogP contribution in [0, 0.1) is 0 Å². The molecule has 1 atom stereocenters. The minimum atomic E-state index is -0.163. The first-order chi connectivity index (χ1) is 11.8. The molecule has 1 aromatic rings. The van der Waals surface area contributed by atoms with Crippen LogP contribution >= 0.6 is 0 Å². The number of ether oxygens (including phenoxy) is 1. The van der Waals surface area contributed by atoms with Crippen molar-refractivity contribution in [3.05, 3.63) is 30.3 Å². The van der Waals surface area contributed by atoms with E-state index >= 15 is 0 Å². The van der Waals surface area contributed by atoms with Gasteiger partial charge in [-0.3, -0.25) is 0 Å². The van der Waals surface area contributed by atoms with Crippen LogP contribution in [-0.2, 0) is 4.74 Å². The number of carbonyl (C=O) groups excluding carboxylic acids is 1. The predicted molar refractivity (Wildman–Crippen MR) is 96.4 cm³/mol. The maximum absolute atomic E-state index is 11.8. The number of rotatable bonds is 4. The van der Waals surface area contributed by atoms with E-state index < -0.39 is 0 Å². The van der Waals surface area contributed by atoms with E-state index in [9.17, 15) is 4.79 Å². The van der Waals surface area contributed by atoms with Gasteiger partial charge in [0.15, 0.2) is 0 Å². The molecular formula is C19H29N3O2. The Kier molecular flexibility index (Phi) is 5.96. The molecule has 0 bridgehead atoms. The third-order valence-electron chi connectivity index (χ3n) is 5.04. The molecule has 0 radical (unpaired) electrons. The molecule has 2 aliphatic heterocycles. The lowest BCUT2D eigenvalue weighted by Crippen LogP contribution is -2.52. The zero-order valence-electron chi connectivity index (χ0n) is 14.6. The molecule has 1 aromatic carbocycles. The summed E-state index contributed by atoms with van der Waals surface area (Å²) in [7, 11) is 0. The number of nitrogens with one attached hydrogen (secondary N) is 1. The maximum Gasteiger partial charge on any atom is 0.409 e. The molecule has 5 nitrogen and oxygen atoms in total. The van der Waals surface area contributed by atoms with Crippen molar-refractivity contribution in [1.82, 2.24) is 10.2 Å². The van der Waals surface area contributed by atoms with E-state index in [2.05, 4.69) is 40.5 Å². The molecular weight excluding hydrogens is 302 g/mol. The number of carbonyl (C=O) groups is 1. The Morgan fingerprint density at radius 3 is 2.58 bits per heavy atom. The van der Waals surface area contributed by atoms with Crippen LogP contribution in [0.25, 0.3) is 0 Å². The lowest BCUT2D eigenvalue weighted by atomic mass is 10.00. The Morgan fingerprint density at radius 1 is 1.12 bits per heavy atom. The molecule has 3 rings (SSSR count). The average molecular weight is 331 g/mol. The second kappa shape index (κ2) is 8.38. The molecule has 132 valence electrons. The van der Waals surface area contributed by atoms with Gasteiger partial charge in [-0.15, -0.1) is 0 Å². The van der Waals surface area contributed by atoms with Gasteiger partial charge in [0.2, 0.25) is 0 Å². The lowest BCUT2D eigenvalue weighted by molar-refractivity contribution is 0.0939. The van der Waals surface area contributed by atoms with Crippen molar-refractivity contribution in [2.75, 3.05) is 37.7 Å². The molecule has 5 heteroatoms. The molecule has 0 saturated carbocycles. The number of hydrogen-bond acceptors (Lipinski definition) is 4. The Balaban J connectivity index is 1.46. The summed E-state index contributed by atoms with van der Waals surface area (Å²) in [6.45, 7) is 6.12. The normalized spacial score (nSPS) is 22.5. The van der Waals surface area contributed by atoms with Gasteiger partial charge in [-0.25, -0.2) is 4.79 Å². The number of piperidine rings is 2. The Labute approximate surface area is 145 Å². The van der Waals surface area contributed by atoms with E-state index in [1.807, 2.05) is 11.8 Å². The maximum atomic E-state index is 11.8. The highest BCUT2D eigenvalue weighted by Gasteiger charge is 2.27. The van der Waals surface area contributed by atoms with Gasteiger partial charge in [0.05, 0.1) is 6.61 Å². The van der Waals surface area contributed by atoms with E-state index in [1.165, 1.54) is 18.5 Å². The average Bonchev–Trinajstić information content (AvgIpc) is 2.63. The van der Waals surface area contributed by atoms with Crippen molar-refractivity contribution < 1.29 is 9.53 Å². The van der Waals surface area contributed by atoms with Crippen LogP contribution in [0.2, 0.25) is 0 Å². The quantitative estimate of drug-likeness (QED) is 0.921. The van der Waals surface area contributed by atoms with Gasteiger partial charge in [0.1, 0.15) is 0 Å². The van der Waals surface area contributed by atoms with Crippen molar-refractivity contribution in [3.63, 3.8) is 0 Å². The van der Waals surface area contributed by atoms with Crippen LogP contribution in [0.5, 0.6) is 0 Å². The molecule has 2 saturated heterocycles. The van der Waals surface area contributed by atoms with Gasteiger partial charge in [0.25, 0.3) is 0 Å². The molecule has 0 spiro atoms. The molecule has 2 heterocycles. The zero-order valence-corrected chi connectivity index (χ0v) is 14.6. The molecule has 0 unspecified atom stereocenters. The highest BCUT2D eigenvalue weighted by atomic mass is 16.6. The van der Waals surface area contributed by atoms with E-state index in [0.29, 0.717) is 18.7 Å². The summed E-state index contributed by atoms with van der Waals surface area (Å²) in [4.78, 5) is 16.1. The van der Waals surface area contributed by atoms with Gasteiger partial charge in [0, 0.05) is 44.0 Å². The van der Waals surface area contributed by atoms with Crippen molar-refractivity contribution in [2.24, 2.45) is 0 Å². The van der Waals surface area contributed by atoms with E-state index in [-0.39, 0.29) is 6.09 Å². The fraction of sp³-hybridized carbons (Fsp3) is 0.632. The van der Waals surface area contributed by atoms with Crippen molar-refractivity contribution in [3.8, 4) is 0 Å². The number of benzene rings is 1. The minimum Gasteiger partial charge on any atom is -0.450 e. The van der Waals surface area contributed by atoms with Crippen molar-refractivity contribution >= 4 is 11.8 Å². The molecule has 2 fully saturated rings. The standard InChI is InChI=1S/C19H29N3O2/c1-2-24-19(23)21-13-10-16(11-14-21)20-17-7-6-12-22(15-17)18-8-4-3-5-9-18/h3-5,8-9,16-17,20H,2,6-7,10-15H2,1H3/t17-/m0/s1. The zero-order chi connectivity index (χ0) is 16.8. The van der Waals surface area contributed by atoms with Crippen LogP contribution in [0.15, 0.2) is 30.3 Å². The number of hydrogen-bond donors (Lipinski definition) is 1. The second-order valence-corrected chi connectivity index (χ2v) is 6.75. The van der Waals surface area contributed by atoms with E-state index in [4.69, 9.17) is 4.74 Å². The fourth-order valence-corrected chi connectivity index (χ4v) is 3.76. The number of likely N-dealkylation sites (tertiary alicyclic amines) is 1. The third-order valence-corrected chi connectivity index (χ3v) is 5.04. The Bertz CT molecular complexity index is 515. The highest BCUT2D eigenvalue weighted by Crippen LogP contribution is 2.21. The van der Waals surface area contributed by atoms with Gasteiger partial charge in [-0.1, -0.05) is 18.2 Å². The monoisotopic (exact) mass is 331 g/mol. The summed E-state index contributed by atoms with van der Waals surface area (Å²) in [5.74, 6) is 0. The minimum absolute atomic E-state index is 0.163. The first kappa shape index (κ1) is 17.1. The molecule has 1 N–H and O–H groups in total. The molecule has 0 aromatic heterocycles. The van der Waals surface area contributed by atoms with Crippen molar-refractivity contribution in [1.29, 1.82) is 0 Å². The SMILES string of the molecule is CCOC(=O)N1CCC(N[C@H]2CCCN(c3ccccc3)C2)CC1. The number of amides is 1. The van der Waals surface area contributed by atoms with Crippen LogP contribution in [0.3, 0.4) is 0 Å². The Morgan fingerprint density at radius 2 is 1.88 bits per heavy atom. The summed E-state index contributed by atoms with van der Waals surface area (Å²) in [6, 6.07) is 11.7. The molecule has 1 amide bonds. The van der Waals surface area contributed by atoms with Crippen LogP contribution in [-0.4, -0.2) is 55.9 Å². The van der Waals surface area contributed by atoms with E-state index in [0.717, 1.165) is 39.0 Å². The lowest BCUT2D eigenvalue weighted by Gasteiger charge is -2.39. The second-order valence-electron chi connectivity index (χ2n) is 6.75. The number of nitrogens with zero attached hydrogens (tertiary/aromatic N) is 2. The van der Waals surface area contributed by atoms with Gasteiger partial charge < -0.3 is 19.9 Å². The first-order valence-electron chi connectivity index (χ1n) is 9.24. The summed E-state index contributed by atoms with van der Waals surface area (Å²) in [5, 5.41) is 3.83. The largest absolute Gasteiger partial charge is 0.450 e.